The lowest BCUT2D eigenvalue weighted by atomic mass is 10.00. The minimum atomic E-state index is -1.32. The van der Waals surface area contributed by atoms with Crippen molar-refractivity contribution < 1.29 is 38.4 Å². The number of allylic oxidation sites excluding steroid dienone is 1. The van der Waals surface area contributed by atoms with Gasteiger partial charge < -0.3 is 53.3 Å². The number of likely N-dealkylation sites (tertiary alicyclic amines) is 1. The van der Waals surface area contributed by atoms with E-state index in [1.165, 1.54) is 6.92 Å². The quantitative estimate of drug-likeness (QED) is 0.0718. The molecule has 20 nitrogen and oxygen atoms in total. The van der Waals surface area contributed by atoms with E-state index in [4.69, 9.17) is 11.5 Å². The van der Waals surface area contributed by atoms with Crippen molar-refractivity contribution in [3.05, 3.63) is 83.7 Å². The topological polar surface area (TPSA) is 305 Å². The van der Waals surface area contributed by atoms with E-state index in [-0.39, 0.29) is 81.6 Å². The number of nitrogens with zero attached hydrogens (tertiary/aromatic N) is 3. The second-order valence-electron chi connectivity index (χ2n) is 18.6. The van der Waals surface area contributed by atoms with Gasteiger partial charge in [-0.25, -0.2) is 0 Å². The Labute approximate surface area is 413 Å². The van der Waals surface area contributed by atoms with Crippen molar-refractivity contribution in [3.8, 4) is 0 Å². The molecule has 7 amide bonds. The van der Waals surface area contributed by atoms with Gasteiger partial charge in [-0.05, 0) is 62.6 Å². The molecule has 0 aliphatic carbocycles. The van der Waals surface area contributed by atoms with Crippen LogP contribution in [0, 0.1) is 0 Å². The molecule has 0 spiro atoms. The van der Waals surface area contributed by atoms with E-state index in [1.807, 2.05) is 31.2 Å². The number of hydrogen-bond acceptors (Lipinski definition) is 10. The van der Waals surface area contributed by atoms with E-state index in [0.717, 1.165) is 29.3 Å². The SMILES string of the molecule is CC(=O)N[C@H]1CC(=O)CCCCC[C@@H](C(=O)N2CCC[C@H]2C)NC(=O)[C@H](Cc2c[nH]c3ccccc23)NC(=O)[C@H](CCCN=C(N)N)NC(=O)[C@@H](Cc2ccccc2)NC(=O)[C@H](CC2=CCC=N2)NC1=O. The Morgan fingerprint density at radius 3 is 2.11 bits per heavy atom. The minimum Gasteiger partial charge on any atom is -0.370 e. The van der Waals surface area contributed by atoms with Gasteiger partial charge in [-0.2, -0.15) is 0 Å². The fraction of sp³-hybridized carbons (Fsp3) is 0.490. The summed E-state index contributed by atoms with van der Waals surface area (Å²) in [5.74, 6) is -4.93. The predicted octanol–water partition coefficient (Wildman–Crippen LogP) is 1.62. The number of benzene rings is 2. The molecule has 3 aliphatic rings. The highest BCUT2D eigenvalue weighted by Crippen LogP contribution is 2.22. The van der Waals surface area contributed by atoms with E-state index >= 15 is 0 Å². The number of para-hydroxylation sites is 1. The average molecular weight is 977 g/mol. The monoisotopic (exact) mass is 977 g/mol. The highest BCUT2D eigenvalue weighted by molar-refractivity contribution is 5.98. The van der Waals surface area contributed by atoms with Crippen LogP contribution in [0.2, 0.25) is 0 Å². The molecule has 11 N–H and O–H groups in total. The first-order valence-electron chi connectivity index (χ1n) is 24.6. The molecule has 0 saturated carbocycles. The normalized spacial score (nSPS) is 24.5. The first kappa shape index (κ1) is 53.0. The fourth-order valence-electron chi connectivity index (χ4n) is 9.24. The molecular weight excluding hydrogens is 909 g/mol. The molecule has 4 heterocycles. The number of guanidine groups is 1. The summed E-state index contributed by atoms with van der Waals surface area (Å²) in [4.78, 5) is 126. The summed E-state index contributed by atoms with van der Waals surface area (Å²) in [5.41, 5.74) is 13.9. The summed E-state index contributed by atoms with van der Waals surface area (Å²) >= 11 is 0. The highest BCUT2D eigenvalue weighted by atomic mass is 16.2. The second-order valence-corrected chi connectivity index (χ2v) is 18.6. The van der Waals surface area contributed by atoms with Crippen LogP contribution in [0.1, 0.15) is 102 Å². The van der Waals surface area contributed by atoms with Gasteiger partial charge in [0.15, 0.2) is 5.96 Å². The molecule has 0 radical (unpaired) electrons. The van der Waals surface area contributed by atoms with Gasteiger partial charge >= 0.3 is 0 Å². The third kappa shape index (κ3) is 15.8. The standard InChI is InChI=1S/C51H68N12O8/c1-31-14-13-25-63(31)50(71)40-21-8-4-7-18-36(65)29-44(57-32(2)64)49(70)62-43(28-35-17-11-23-54-35)48(69)60-41(26-33-15-5-3-6-16-33)46(67)58-39(22-12-24-55-51(52)53)45(66)61-42(47(68)59-40)27-34-30-56-38-20-10-9-19-37(34)38/h3,5-6,9-10,15-17,19-20,23,30-31,39-44,56H,4,7-8,11-14,18,21-22,24-29H2,1-2H3,(H,57,64)(H,58,67)(H,59,68)(H,60,69)(H,61,66)(H,62,70)(H4,52,53,55)/t31-,39+,40+,41-,42+,43+,44+/m1/s1. The lowest BCUT2D eigenvalue weighted by Gasteiger charge is -2.30. The van der Waals surface area contributed by atoms with Gasteiger partial charge in [-0.1, -0.05) is 67.4 Å². The zero-order chi connectivity index (χ0) is 50.9. The van der Waals surface area contributed by atoms with Crippen LogP contribution in [0.4, 0.5) is 0 Å². The smallest absolute Gasteiger partial charge is 0.245 e. The predicted molar refractivity (Wildman–Crippen MR) is 268 cm³/mol. The number of aliphatic imine (C=N–C) groups is 2. The van der Waals surface area contributed by atoms with Crippen molar-refractivity contribution in [2.75, 3.05) is 13.1 Å². The number of rotatable bonds is 12. The third-order valence-corrected chi connectivity index (χ3v) is 13.0. The molecule has 3 aromatic rings. The summed E-state index contributed by atoms with van der Waals surface area (Å²) in [6.07, 6.45) is 8.73. The molecule has 20 heteroatoms. The molecule has 1 aromatic heterocycles. The van der Waals surface area contributed by atoms with Gasteiger partial charge in [0.25, 0.3) is 0 Å². The number of fused-ring (bicyclic) bond motifs is 1. The Morgan fingerprint density at radius 2 is 1.42 bits per heavy atom. The number of hydrogen-bond donors (Lipinski definition) is 9. The summed E-state index contributed by atoms with van der Waals surface area (Å²) in [5, 5.41) is 17.6. The summed E-state index contributed by atoms with van der Waals surface area (Å²) < 4.78 is 0. The van der Waals surface area contributed by atoms with Gasteiger partial charge in [0, 0.05) is 93.6 Å². The molecular formula is C51H68N12O8. The number of Topliss-reactive ketones (excluding diaryl/α,β-unsaturated/α-hetero) is 1. The van der Waals surface area contributed by atoms with Crippen LogP contribution in [0.15, 0.2) is 82.6 Å². The maximum Gasteiger partial charge on any atom is 0.245 e. The van der Waals surface area contributed by atoms with Crippen LogP contribution < -0.4 is 43.4 Å². The van der Waals surface area contributed by atoms with Gasteiger partial charge in [0.1, 0.15) is 42.0 Å². The Balaban J connectivity index is 1.38. The second kappa shape index (κ2) is 26.0. The van der Waals surface area contributed by atoms with E-state index in [1.54, 1.807) is 53.7 Å². The Hall–Kier alpha value is -7.38. The van der Waals surface area contributed by atoms with Crippen molar-refractivity contribution in [2.24, 2.45) is 21.5 Å². The van der Waals surface area contributed by atoms with Gasteiger partial charge in [0.2, 0.25) is 41.4 Å². The first-order valence-corrected chi connectivity index (χ1v) is 24.6. The van der Waals surface area contributed by atoms with E-state index < -0.39 is 71.7 Å². The number of H-pyrrole nitrogens is 1. The number of carbonyl (C=O) groups excluding carboxylic acids is 8. The molecule has 3 aliphatic heterocycles. The number of carbonyl (C=O) groups is 8. The minimum absolute atomic E-state index is 0.00381. The first-order chi connectivity index (χ1) is 34.1. The van der Waals surface area contributed by atoms with E-state index in [0.29, 0.717) is 43.5 Å². The molecule has 2 saturated heterocycles. The van der Waals surface area contributed by atoms with E-state index in [2.05, 4.69) is 46.9 Å². The molecule has 6 rings (SSSR count). The maximum absolute atomic E-state index is 14.7. The number of aromatic nitrogens is 1. The van der Waals surface area contributed by atoms with Crippen molar-refractivity contribution >= 4 is 70.2 Å². The lowest BCUT2D eigenvalue weighted by Crippen LogP contribution is -2.60. The summed E-state index contributed by atoms with van der Waals surface area (Å²) in [6.45, 7) is 3.81. The largest absolute Gasteiger partial charge is 0.370 e. The van der Waals surface area contributed by atoms with Crippen molar-refractivity contribution in [1.82, 2.24) is 41.8 Å². The molecule has 380 valence electrons. The molecule has 0 unspecified atom stereocenters. The van der Waals surface area contributed by atoms with Crippen LogP contribution in [-0.2, 0) is 51.2 Å². The molecule has 71 heavy (non-hydrogen) atoms. The summed E-state index contributed by atoms with van der Waals surface area (Å²) in [7, 11) is 0. The third-order valence-electron chi connectivity index (χ3n) is 13.0. The Bertz CT molecular complexity index is 2480. The zero-order valence-corrected chi connectivity index (χ0v) is 40.5. The molecule has 0 bridgehead atoms. The molecule has 7 atom stereocenters. The maximum atomic E-state index is 14.7. The van der Waals surface area contributed by atoms with E-state index in [9.17, 15) is 38.4 Å². The number of ketones is 1. The number of nitrogens with two attached hydrogens (primary N) is 2. The van der Waals surface area contributed by atoms with Gasteiger partial charge in [-0.15, -0.1) is 0 Å². The van der Waals surface area contributed by atoms with Crippen LogP contribution in [-0.4, -0.2) is 125 Å². The van der Waals surface area contributed by atoms with Gasteiger partial charge in [-0.3, -0.25) is 48.3 Å². The highest BCUT2D eigenvalue weighted by Gasteiger charge is 2.36. The Kier molecular flexibility index (Phi) is 19.4. The summed E-state index contributed by atoms with van der Waals surface area (Å²) in [6, 6.07) is 8.89. The van der Waals surface area contributed by atoms with Crippen LogP contribution in [0.5, 0.6) is 0 Å². The van der Waals surface area contributed by atoms with Crippen LogP contribution in [0.3, 0.4) is 0 Å². The van der Waals surface area contributed by atoms with Gasteiger partial charge in [0.05, 0.1) is 0 Å². The van der Waals surface area contributed by atoms with Crippen molar-refractivity contribution in [1.29, 1.82) is 0 Å². The van der Waals surface area contributed by atoms with Crippen molar-refractivity contribution in [2.45, 2.75) is 146 Å². The van der Waals surface area contributed by atoms with Crippen LogP contribution in [0.25, 0.3) is 10.9 Å². The Morgan fingerprint density at radius 1 is 0.761 bits per heavy atom. The number of nitrogens with one attached hydrogen (secondary N) is 7. The molecule has 2 fully saturated rings. The lowest BCUT2D eigenvalue weighted by molar-refractivity contribution is -0.138. The van der Waals surface area contributed by atoms with Crippen LogP contribution >= 0.6 is 0 Å². The number of amides is 7. The zero-order valence-electron chi connectivity index (χ0n) is 40.5. The van der Waals surface area contributed by atoms with Crippen molar-refractivity contribution in [3.63, 3.8) is 0 Å². The molecule has 2 aromatic carbocycles. The average Bonchev–Trinajstić information content (AvgIpc) is 4.12. The fourth-order valence-corrected chi connectivity index (χ4v) is 9.24. The number of aromatic amines is 1.